The Morgan fingerprint density at radius 3 is 2.38 bits per heavy atom. The van der Waals surface area contributed by atoms with Gasteiger partial charge in [-0.25, -0.2) is 0 Å². The first-order valence-corrected chi connectivity index (χ1v) is 12.7. The molecule has 2 nitrogen and oxygen atoms in total. The smallest absolute Gasteiger partial charge is 0.00863 e. The van der Waals surface area contributed by atoms with Gasteiger partial charge in [0.25, 0.3) is 0 Å². The molecule has 1 heterocycles. The minimum Gasteiger partial charge on any atom is -0.330 e. The van der Waals surface area contributed by atoms with Crippen LogP contribution in [0.4, 0.5) is 0 Å². The summed E-state index contributed by atoms with van der Waals surface area (Å²) in [6.07, 6.45) is 21.2. The molecule has 2 heteroatoms. The van der Waals surface area contributed by atoms with Crippen molar-refractivity contribution in [3.63, 3.8) is 0 Å². The van der Waals surface area contributed by atoms with Crippen molar-refractivity contribution < 1.29 is 0 Å². The van der Waals surface area contributed by atoms with Gasteiger partial charge in [-0.1, -0.05) is 77.2 Å². The topological polar surface area (TPSA) is 29.3 Å². The van der Waals surface area contributed by atoms with E-state index in [2.05, 4.69) is 57.2 Å². The van der Waals surface area contributed by atoms with Gasteiger partial charge >= 0.3 is 0 Å². The van der Waals surface area contributed by atoms with Gasteiger partial charge in [-0.15, -0.1) is 0 Å². The second kappa shape index (κ2) is 13.7. The zero-order valence-corrected chi connectivity index (χ0v) is 19.9. The van der Waals surface area contributed by atoms with Gasteiger partial charge in [-0.3, -0.25) is 0 Å². The lowest BCUT2D eigenvalue weighted by Gasteiger charge is -2.36. The fourth-order valence-electron chi connectivity index (χ4n) is 5.14. The van der Waals surface area contributed by atoms with E-state index in [4.69, 9.17) is 5.73 Å². The van der Waals surface area contributed by atoms with Crippen LogP contribution in [0.2, 0.25) is 0 Å². The molecule has 0 aromatic rings. The van der Waals surface area contributed by atoms with Crippen molar-refractivity contribution in [1.82, 2.24) is 4.90 Å². The SMILES string of the molecule is CCC(C)CCCC1CCN(C[C@H](CC[C@@H](CCN)C2=CC=C[CH]2)C(C)C)CC1. The van der Waals surface area contributed by atoms with Crippen molar-refractivity contribution in [2.75, 3.05) is 26.2 Å². The first kappa shape index (κ1) is 24.7. The largest absolute Gasteiger partial charge is 0.330 e. The van der Waals surface area contributed by atoms with E-state index in [0.29, 0.717) is 5.92 Å². The number of piperidine rings is 1. The van der Waals surface area contributed by atoms with E-state index >= 15 is 0 Å². The molecular weight excluding hydrogens is 352 g/mol. The van der Waals surface area contributed by atoms with Crippen LogP contribution in [0, 0.1) is 36.0 Å². The van der Waals surface area contributed by atoms with Crippen LogP contribution < -0.4 is 5.73 Å². The number of likely N-dealkylation sites (tertiary alicyclic amines) is 1. The van der Waals surface area contributed by atoms with E-state index in [-0.39, 0.29) is 0 Å². The van der Waals surface area contributed by atoms with E-state index in [1.165, 1.54) is 76.6 Å². The highest BCUT2D eigenvalue weighted by atomic mass is 15.1. The van der Waals surface area contributed by atoms with Crippen molar-refractivity contribution >= 4 is 0 Å². The fraction of sp³-hybridized carbons (Fsp3) is 0.815. The highest BCUT2D eigenvalue weighted by Crippen LogP contribution is 2.31. The predicted molar refractivity (Wildman–Crippen MR) is 129 cm³/mol. The molecule has 0 aromatic heterocycles. The summed E-state index contributed by atoms with van der Waals surface area (Å²) in [6, 6.07) is 0. The summed E-state index contributed by atoms with van der Waals surface area (Å²) < 4.78 is 0. The van der Waals surface area contributed by atoms with Gasteiger partial charge in [0.05, 0.1) is 0 Å². The van der Waals surface area contributed by atoms with Crippen molar-refractivity contribution in [3.8, 4) is 0 Å². The summed E-state index contributed by atoms with van der Waals surface area (Å²) in [5, 5.41) is 0. The van der Waals surface area contributed by atoms with E-state index in [1.807, 2.05) is 0 Å². The first-order chi connectivity index (χ1) is 14.0. The number of rotatable bonds is 14. The van der Waals surface area contributed by atoms with Crippen LogP contribution in [0.5, 0.6) is 0 Å². The highest BCUT2D eigenvalue weighted by Gasteiger charge is 2.24. The summed E-state index contributed by atoms with van der Waals surface area (Å²) in [4.78, 5) is 2.77. The van der Waals surface area contributed by atoms with Crippen LogP contribution in [0.15, 0.2) is 23.8 Å². The molecule has 1 radical (unpaired) electrons. The fourth-order valence-corrected chi connectivity index (χ4v) is 5.14. The molecule has 0 amide bonds. The molecular formula is C27H49N2. The number of hydrogen-bond donors (Lipinski definition) is 1. The quantitative estimate of drug-likeness (QED) is 0.354. The molecule has 1 aliphatic carbocycles. The molecule has 29 heavy (non-hydrogen) atoms. The maximum absolute atomic E-state index is 5.91. The molecule has 1 unspecified atom stereocenters. The van der Waals surface area contributed by atoms with Gasteiger partial charge in [0.1, 0.15) is 0 Å². The van der Waals surface area contributed by atoms with Crippen LogP contribution in [-0.2, 0) is 0 Å². The maximum atomic E-state index is 5.91. The average Bonchev–Trinajstić information content (AvgIpc) is 3.25. The first-order valence-electron chi connectivity index (χ1n) is 12.7. The molecule has 3 atom stereocenters. The number of nitrogens with zero attached hydrogens (tertiary/aromatic N) is 1. The van der Waals surface area contributed by atoms with Gasteiger partial charge in [0.15, 0.2) is 0 Å². The second-order valence-corrected chi connectivity index (χ2v) is 10.3. The van der Waals surface area contributed by atoms with E-state index in [1.54, 1.807) is 0 Å². The summed E-state index contributed by atoms with van der Waals surface area (Å²) in [5.74, 6) is 4.12. The molecule has 0 bridgehead atoms. The number of allylic oxidation sites excluding steroid dienone is 4. The zero-order valence-electron chi connectivity index (χ0n) is 19.9. The van der Waals surface area contributed by atoms with Gasteiger partial charge in [0.2, 0.25) is 0 Å². The summed E-state index contributed by atoms with van der Waals surface area (Å²) >= 11 is 0. The third-order valence-corrected chi connectivity index (χ3v) is 7.71. The molecule has 0 aromatic carbocycles. The van der Waals surface area contributed by atoms with Crippen molar-refractivity contribution in [3.05, 3.63) is 30.2 Å². The maximum Gasteiger partial charge on any atom is 0.00863 e. The molecule has 1 fully saturated rings. The lowest BCUT2D eigenvalue weighted by Crippen LogP contribution is -2.38. The van der Waals surface area contributed by atoms with Gasteiger partial charge in [-0.2, -0.15) is 0 Å². The lowest BCUT2D eigenvalue weighted by atomic mass is 9.83. The number of hydrogen-bond acceptors (Lipinski definition) is 2. The molecule has 167 valence electrons. The summed E-state index contributed by atoms with van der Waals surface area (Å²) in [7, 11) is 0. The monoisotopic (exact) mass is 401 g/mol. The average molecular weight is 402 g/mol. The van der Waals surface area contributed by atoms with Gasteiger partial charge in [-0.05, 0) is 81.3 Å². The second-order valence-electron chi connectivity index (χ2n) is 10.3. The van der Waals surface area contributed by atoms with Crippen molar-refractivity contribution in [2.45, 2.75) is 85.5 Å². The van der Waals surface area contributed by atoms with Crippen molar-refractivity contribution in [1.29, 1.82) is 0 Å². The summed E-state index contributed by atoms with van der Waals surface area (Å²) in [5.41, 5.74) is 7.41. The minimum absolute atomic E-state index is 0.646. The molecule has 2 aliphatic rings. The Labute approximate surface area is 182 Å². The van der Waals surface area contributed by atoms with Crippen LogP contribution >= 0.6 is 0 Å². The normalized spacial score (nSPS) is 21.5. The lowest BCUT2D eigenvalue weighted by molar-refractivity contribution is 0.133. The Hall–Kier alpha value is -0.600. The predicted octanol–water partition coefficient (Wildman–Crippen LogP) is 6.63. The van der Waals surface area contributed by atoms with Crippen LogP contribution in [0.3, 0.4) is 0 Å². The molecule has 0 spiro atoms. The van der Waals surface area contributed by atoms with E-state index in [9.17, 15) is 0 Å². The Morgan fingerprint density at radius 1 is 1.03 bits per heavy atom. The standard InChI is InChI=1S/C27H49N2/c1-5-23(4)9-8-10-24-16-19-29(20-17-24)21-27(22(2)3)14-13-26(15-18-28)25-11-6-7-12-25/h6-7,11-12,22-24,26-27H,5,8-10,13-21,28H2,1-4H3/t23?,26-,27-/m0/s1. The molecule has 1 saturated heterocycles. The highest BCUT2D eigenvalue weighted by molar-refractivity contribution is 5.35. The zero-order chi connectivity index (χ0) is 21.1. The number of nitrogens with two attached hydrogens (primary N) is 1. The Kier molecular flexibility index (Phi) is 11.6. The Morgan fingerprint density at radius 2 is 1.79 bits per heavy atom. The van der Waals surface area contributed by atoms with Crippen LogP contribution in [-0.4, -0.2) is 31.1 Å². The van der Waals surface area contributed by atoms with E-state index in [0.717, 1.165) is 36.6 Å². The van der Waals surface area contributed by atoms with Gasteiger partial charge < -0.3 is 10.6 Å². The summed E-state index contributed by atoms with van der Waals surface area (Å²) in [6.45, 7) is 14.3. The Balaban J connectivity index is 1.72. The molecule has 2 N–H and O–H groups in total. The van der Waals surface area contributed by atoms with Gasteiger partial charge in [0, 0.05) is 13.0 Å². The van der Waals surface area contributed by atoms with E-state index < -0.39 is 0 Å². The minimum atomic E-state index is 0.646. The van der Waals surface area contributed by atoms with Crippen LogP contribution in [0.1, 0.15) is 85.5 Å². The van der Waals surface area contributed by atoms with Crippen LogP contribution in [0.25, 0.3) is 0 Å². The molecule has 1 aliphatic heterocycles. The third-order valence-electron chi connectivity index (χ3n) is 7.71. The molecule has 2 rings (SSSR count). The van der Waals surface area contributed by atoms with Crippen molar-refractivity contribution in [2.24, 2.45) is 35.3 Å². The molecule has 0 saturated carbocycles. The third kappa shape index (κ3) is 8.97. The Bertz CT molecular complexity index is 485.